The Bertz CT molecular complexity index is 1060. The van der Waals surface area contributed by atoms with E-state index in [-0.39, 0.29) is 17.9 Å². The van der Waals surface area contributed by atoms with Crippen LogP contribution in [0.2, 0.25) is 0 Å². The molecule has 0 aliphatic carbocycles. The van der Waals surface area contributed by atoms with Crippen LogP contribution in [-0.2, 0) is 17.8 Å². The number of fused-ring (bicyclic) bond motifs is 1. The van der Waals surface area contributed by atoms with Crippen molar-refractivity contribution in [3.05, 3.63) is 47.2 Å². The van der Waals surface area contributed by atoms with Crippen molar-refractivity contribution >= 4 is 23.6 Å². The number of carbonyl (C=O) groups excluding carboxylic acids is 2. The van der Waals surface area contributed by atoms with Gasteiger partial charge in [0.1, 0.15) is 11.5 Å². The Kier molecular flexibility index (Phi) is 6.15. The topological polar surface area (TPSA) is 72.9 Å². The quantitative estimate of drug-likeness (QED) is 0.680. The smallest absolute Gasteiger partial charge is 0.273 e. The number of piperazine rings is 1. The molecule has 0 bridgehead atoms. The summed E-state index contributed by atoms with van der Waals surface area (Å²) in [4.78, 5) is 43.2. The Morgan fingerprint density at radius 2 is 1.79 bits per heavy atom. The minimum absolute atomic E-state index is 0.00363. The molecule has 0 radical (unpaired) electrons. The first-order valence-electron chi connectivity index (χ1n) is 12.4. The summed E-state index contributed by atoms with van der Waals surface area (Å²) in [6.07, 6.45) is 3.20. The fourth-order valence-corrected chi connectivity index (χ4v) is 5.39. The van der Waals surface area contributed by atoms with E-state index < -0.39 is 0 Å². The average molecular weight is 463 g/mol. The van der Waals surface area contributed by atoms with Crippen LogP contribution in [0.4, 0.5) is 11.8 Å². The molecule has 2 saturated heterocycles. The first kappa shape index (κ1) is 22.6. The zero-order valence-electron chi connectivity index (χ0n) is 20.4. The summed E-state index contributed by atoms with van der Waals surface area (Å²) in [5, 5.41) is 0. The third-order valence-electron chi connectivity index (χ3n) is 7.36. The van der Waals surface area contributed by atoms with Crippen LogP contribution in [0.3, 0.4) is 0 Å². The Labute approximate surface area is 201 Å². The lowest BCUT2D eigenvalue weighted by Gasteiger charge is -2.35. The third kappa shape index (κ3) is 4.21. The largest absolute Gasteiger partial charge is 0.353 e. The number of carbonyl (C=O) groups is 2. The number of hydrogen-bond donors (Lipinski definition) is 0. The standard InChI is InChI=1S/C26H34N6O2/c1-18(2)32-17-22-23(25(32)34)27-26(30-14-12-29(13-15-30)19(3)33)28-24(22)31-11-7-10-21(31)16-20-8-5-4-6-9-20/h4-6,8-9,18,21H,7,10-17H2,1-3H3/t21-/m1/s1. The maximum atomic E-state index is 13.3. The first-order chi connectivity index (χ1) is 16.4. The summed E-state index contributed by atoms with van der Waals surface area (Å²) in [5.74, 6) is 1.63. The third-order valence-corrected chi connectivity index (χ3v) is 7.36. The molecular formula is C26H34N6O2. The van der Waals surface area contributed by atoms with Gasteiger partial charge in [0.25, 0.3) is 5.91 Å². The van der Waals surface area contributed by atoms with E-state index in [1.165, 1.54) is 5.56 Å². The number of anilines is 2. The van der Waals surface area contributed by atoms with Gasteiger partial charge in [-0.25, -0.2) is 4.98 Å². The van der Waals surface area contributed by atoms with Crippen LogP contribution < -0.4 is 9.80 Å². The molecule has 1 atom stereocenters. The molecule has 4 heterocycles. The molecule has 1 aromatic carbocycles. The molecule has 8 heteroatoms. The van der Waals surface area contributed by atoms with Gasteiger partial charge in [-0.3, -0.25) is 9.59 Å². The van der Waals surface area contributed by atoms with E-state index in [0.29, 0.717) is 50.4 Å². The van der Waals surface area contributed by atoms with E-state index in [0.717, 1.165) is 37.2 Å². The molecule has 5 rings (SSSR count). The molecule has 2 aromatic rings. The molecule has 2 amide bonds. The van der Waals surface area contributed by atoms with Gasteiger partial charge in [0.15, 0.2) is 0 Å². The number of amides is 2. The number of benzene rings is 1. The highest BCUT2D eigenvalue weighted by atomic mass is 16.2. The average Bonchev–Trinajstić information content (AvgIpc) is 3.43. The van der Waals surface area contributed by atoms with Crippen LogP contribution in [0.25, 0.3) is 0 Å². The zero-order valence-corrected chi connectivity index (χ0v) is 20.4. The highest BCUT2D eigenvalue weighted by molar-refractivity contribution is 5.98. The van der Waals surface area contributed by atoms with Crippen molar-refractivity contribution in [3.63, 3.8) is 0 Å². The monoisotopic (exact) mass is 462 g/mol. The minimum Gasteiger partial charge on any atom is -0.353 e. The van der Waals surface area contributed by atoms with Gasteiger partial charge < -0.3 is 19.6 Å². The molecule has 34 heavy (non-hydrogen) atoms. The molecule has 0 spiro atoms. The predicted octanol–water partition coefficient (Wildman–Crippen LogP) is 2.72. The molecular weight excluding hydrogens is 428 g/mol. The second-order valence-electron chi connectivity index (χ2n) is 9.87. The number of rotatable bonds is 5. The highest BCUT2D eigenvalue weighted by Crippen LogP contribution is 2.36. The van der Waals surface area contributed by atoms with Gasteiger partial charge in [-0.15, -0.1) is 0 Å². The van der Waals surface area contributed by atoms with Gasteiger partial charge in [-0.2, -0.15) is 4.98 Å². The molecule has 0 saturated carbocycles. The summed E-state index contributed by atoms with van der Waals surface area (Å²) >= 11 is 0. The van der Waals surface area contributed by atoms with Crippen molar-refractivity contribution in [2.24, 2.45) is 0 Å². The number of hydrogen-bond acceptors (Lipinski definition) is 6. The van der Waals surface area contributed by atoms with Crippen molar-refractivity contribution in [2.75, 3.05) is 42.5 Å². The molecule has 0 N–H and O–H groups in total. The van der Waals surface area contributed by atoms with E-state index in [2.05, 4.69) is 40.1 Å². The zero-order chi connectivity index (χ0) is 23.8. The summed E-state index contributed by atoms with van der Waals surface area (Å²) < 4.78 is 0. The molecule has 180 valence electrons. The van der Waals surface area contributed by atoms with Gasteiger partial charge in [0, 0.05) is 57.3 Å². The van der Waals surface area contributed by atoms with Crippen molar-refractivity contribution in [1.82, 2.24) is 19.8 Å². The van der Waals surface area contributed by atoms with Crippen molar-refractivity contribution < 1.29 is 9.59 Å². The van der Waals surface area contributed by atoms with E-state index >= 15 is 0 Å². The normalized spacial score (nSPS) is 20.5. The van der Waals surface area contributed by atoms with Gasteiger partial charge in [-0.05, 0) is 38.7 Å². The van der Waals surface area contributed by atoms with E-state index in [9.17, 15) is 9.59 Å². The number of nitrogens with zero attached hydrogens (tertiary/aromatic N) is 6. The second-order valence-corrected chi connectivity index (χ2v) is 9.87. The summed E-state index contributed by atoms with van der Waals surface area (Å²) in [6, 6.07) is 11.1. The lowest BCUT2D eigenvalue weighted by atomic mass is 10.0. The predicted molar refractivity (Wildman–Crippen MR) is 132 cm³/mol. The maximum absolute atomic E-state index is 13.3. The van der Waals surface area contributed by atoms with E-state index in [4.69, 9.17) is 9.97 Å². The first-order valence-corrected chi connectivity index (χ1v) is 12.4. The van der Waals surface area contributed by atoms with E-state index in [1.54, 1.807) is 6.92 Å². The Morgan fingerprint density at radius 3 is 2.47 bits per heavy atom. The molecule has 1 aromatic heterocycles. The molecule has 0 unspecified atom stereocenters. The van der Waals surface area contributed by atoms with Crippen LogP contribution in [0.5, 0.6) is 0 Å². The van der Waals surface area contributed by atoms with Crippen LogP contribution >= 0.6 is 0 Å². The van der Waals surface area contributed by atoms with Gasteiger partial charge in [-0.1, -0.05) is 30.3 Å². The Balaban J connectivity index is 1.49. The van der Waals surface area contributed by atoms with Gasteiger partial charge in [0.05, 0.1) is 6.54 Å². The van der Waals surface area contributed by atoms with Crippen LogP contribution in [0.15, 0.2) is 30.3 Å². The number of aromatic nitrogens is 2. The molecule has 3 aliphatic rings. The minimum atomic E-state index is -0.00363. The second kappa shape index (κ2) is 9.24. The fourth-order valence-electron chi connectivity index (χ4n) is 5.39. The SMILES string of the molecule is CC(=O)N1CCN(c2nc3c(c(N4CCC[C@@H]4Cc4ccccc4)n2)CN(C(C)C)C3=O)CC1. The van der Waals surface area contributed by atoms with E-state index in [1.807, 2.05) is 23.6 Å². The van der Waals surface area contributed by atoms with Crippen LogP contribution in [0, 0.1) is 0 Å². The fraction of sp³-hybridized carbons (Fsp3) is 0.538. The lowest BCUT2D eigenvalue weighted by molar-refractivity contribution is -0.129. The van der Waals surface area contributed by atoms with Crippen molar-refractivity contribution in [2.45, 2.75) is 58.7 Å². The van der Waals surface area contributed by atoms with Crippen molar-refractivity contribution in [3.8, 4) is 0 Å². The summed E-state index contributed by atoms with van der Waals surface area (Å²) in [5.41, 5.74) is 2.84. The summed E-state index contributed by atoms with van der Waals surface area (Å²) in [6.45, 7) is 9.86. The molecule has 8 nitrogen and oxygen atoms in total. The van der Waals surface area contributed by atoms with Gasteiger partial charge >= 0.3 is 0 Å². The highest BCUT2D eigenvalue weighted by Gasteiger charge is 2.38. The van der Waals surface area contributed by atoms with Gasteiger partial charge in [0.2, 0.25) is 11.9 Å². The maximum Gasteiger partial charge on any atom is 0.273 e. The Morgan fingerprint density at radius 1 is 1.06 bits per heavy atom. The van der Waals surface area contributed by atoms with Crippen molar-refractivity contribution in [1.29, 1.82) is 0 Å². The molecule has 2 fully saturated rings. The van der Waals surface area contributed by atoms with Crippen LogP contribution in [0.1, 0.15) is 55.2 Å². The summed E-state index contributed by atoms with van der Waals surface area (Å²) in [7, 11) is 0. The van der Waals surface area contributed by atoms with Crippen LogP contribution in [-0.4, -0.2) is 76.4 Å². The molecule has 3 aliphatic heterocycles. The Hall–Kier alpha value is -3.16. The lowest BCUT2D eigenvalue weighted by Crippen LogP contribution is -2.48.